The normalized spacial score (nSPS) is 14.6. The first-order valence-corrected chi connectivity index (χ1v) is 6.20. The molecule has 0 fully saturated rings. The third kappa shape index (κ3) is 1.87. The van der Waals surface area contributed by atoms with E-state index in [4.69, 9.17) is 11.6 Å². The Morgan fingerprint density at radius 3 is 2.88 bits per heavy atom. The minimum Gasteiger partial charge on any atom is -0.379 e. The van der Waals surface area contributed by atoms with Crippen LogP contribution in [0.3, 0.4) is 0 Å². The van der Waals surface area contributed by atoms with Crippen molar-refractivity contribution < 1.29 is 21.1 Å². The number of H-pyrrole nitrogens is 1. The van der Waals surface area contributed by atoms with Gasteiger partial charge in [0.15, 0.2) is 0 Å². The van der Waals surface area contributed by atoms with Crippen LogP contribution in [-0.2, 0) is 33.9 Å². The number of hydrogen-bond donors (Lipinski definition) is 1. The third-order valence-corrected chi connectivity index (χ3v) is 3.82. The maximum Gasteiger partial charge on any atom is 0.0379 e. The Bertz CT molecular complexity index is 538. The van der Waals surface area contributed by atoms with Gasteiger partial charge in [0.05, 0.1) is 0 Å². The molecule has 0 bridgehead atoms. The molecule has 0 atom stereocenters. The third-order valence-electron chi connectivity index (χ3n) is 2.97. The molecule has 84 valence electrons. The fraction of sp³-hybridized carbons (Fsp3) is 0.364. The predicted molar refractivity (Wildman–Crippen MR) is 64.3 cm³/mol. The van der Waals surface area contributed by atoms with Gasteiger partial charge in [-0.15, -0.1) is 11.6 Å². The van der Waals surface area contributed by atoms with Crippen LogP contribution in [0.2, 0.25) is 5.15 Å². The zero-order valence-electron chi connectivity index (χ0n) is 8.44. The summed E-state index contributed by atoms with van der Waals surface area (Å²) in [6.07, 6.45) is 7.65. The number of pyridine rings is 1. The summed E-state index contributed by atoms with van der Waals surface area (Å²) in [6.45, 7) is 0. The average Bonchev–Trinajstić information content (AvgIpc) is 2.64. The second-order valence-corrected chi connectivity index (χ2v) is 5.02. The minimum absolute atomic E-state index is 0. The van der Waals surface area contributed by atoms with Crippen LogP contribution in [0.4, 0.5) is 0 Å². The van der Waals surface area contributed by atoms with Gasteiger partial charge < -0.3 is 9.97 Å². The van der Waals surface area contributed by atoms with Crippen molar-refractivity contribution >= 4 is 38.4 Å². The molecule has 2 nitrogen and oxygen atoms in total. The molecule has 1 aliphatic rings. The molecule has 0 saturated heterocycles. The van der Waals surface area contributed by atoms with Gasteiger partial charge in [0.25, 0.3) is 0 Å². The van der Waals surface area contributed by atoms with E-state index in [0.29, 0.717) is 5.15 Å². The maximum absolute atomic E-state index is 6.05. The van der Waals surface area contributed by atoms with Gasteiger partial charge in [0.2, 0.25) is 0 Å². The van der Waals surface area contributed by atoms with E-state index >= 15 is 0 Å². The molecule has 0 radical (unpaired) electrons. The number of nitrogens with one attached hydrogen (secondary N) is 1. The molecule has 2 aromatic rings. The topological polar surface area (TPSA) is 28.7 Å². The number of nitrogens with zero attached hydrogens (tertiary/aromatic N) is 1. The molecule has 5 heteroatoms. The van der Waals surface area contributed by atoms with Gasteiger partial charge in [-0.3, -0.25) is 0 Å². The molecule has 0 unspecified atom stereocenters. The first kappa shape index (κ1) is 12.6. The van der Waals surface area contributed by atoms with Crippen LogP contribution in [0.5, 0.6) is 0 Å². The van der Waals surface area contributed by atoms with E-state index in [1.54, 1.807) is 0 Å². The van der Waals surface area contributed by atoms with Gasteiger partial charge in [0, 0.05) is 31.9 Å². The zero-order valence-corrected chi connectivity index (χ0v) is 13.7. The second-order valence-electron chi connectivity index (χ2n) is 3.87. The standard InChI is InChI=1S/C11H9BrClN2.W/c12-7-5-14-11(13)10-9(7)6-3-1-2-4-8(6)15-10;/h15H,1-4H2;/q-1;. The first-order valence-electron chi connectivity index (χ1n) is 5.03. The quantitative estimate of drug-likeness (QED) is 0.464. The Balaban J connectivity index is 0.000000963. The summed E-state index contributed by atoms with van der Waals surface area (Å²) < 4.78 is 0.918. The van der Waals surface area contributed by atoms with Gasteiger partial charge in [-0.1, -0.05) is 37.5 Å². The molecule has 0 spiro atoms. The van der Waals surface area contributed by atoms with Crippen molar-refractivity contribution in [1.82, 2.24) is 9.97 Å². The Labute approximate surface area is 122 Å². The Hall–Kier alpha value is 0.148. The second kappa shape index (κ2) is 4.79. The molecule has 2 aromatic heterocycles. The van der Waals surface area contributed by atoms with Gasteiger partial charge >= 0.3 is 0 Å². The Morgan fingerprint density at radius 1 is 1.31 bits per heavy atom. The van der Waals surface area contributed by atoms with Crippen LogP contribution in [-0.4, -0.2) is 9.97 Å². The fourth-order valence-corrected chi connectivity index (χ4v) is 3.00. The summed E-state index contributed by atoms with van der Waals surface area (Å²) in [6, 6.07) is 0. The number of aromatic nitrogens is 2. The van der Waals surface area contributed by atoms with Crippen LogP contribution in [0.25, 0.3) is 10.9 Å². The van der Waals surface area contributed by atoms with E-state index in [0.717, 1.165) is 22.8 Å². The molecule has 2 heterocycles. The van der Waals surface area contributed by atoms with Crippen LogP contribution < -0.4 is 0 Å². The SMILES string of the molecule is Clc1n[c-]c(Br)c2c3c([nH]c12)CCCC3.[W]. The van der Waals surface area contributed by atoms with E-state index in [-0.39, 0.29) is 21.1 Å². The largest absolute Gasteiger partial charge is 0.379 e. The summed E-state index contributed by atoms with van der Waals surface area (Å²) in [5, 5.41) is 1.69. The fourth-order valence-electron chi connectivity index (χ4n) is 2.29. The number of aromatic amines is 1. The number of aryl methyl sites for hydroxylation is 2. The first-order chi connectivity index (χ1) is 7.27. The van der Waals surface area contributed by atoms with E-state index in [9.17, 15) is 0 Å². The molecule has 16 heavy (non-hydrogen) atoms. The summed E-state index contributed by atoms with van der Waals surface area (Å²) in [5.41, 5.74) is 3.66. The predicted octanol–water partition coefficient (Wildman–Crippen LogP) is 3.66. The van der Waals surface area contributed by atoms with Crippen molar-refractivity contribution in [2.45, 2.75) is 25.7 Å². The van der Waals surface area contributed by atoms with Gasteiger partial charge in [-0.2, -0.15) is 0 Å². The van der Waals surface area contributed by atoms with Crippen molar-refractivity contribution in [1.29, 1.82) is 0 Å². The molecular formula is C11H9BrClN2W-. The van der Waals surface area contributed by atoms with Crippen molar-refractivity contribution in [3.8, 4) is 0 Å². The number of hydrogen-bond acceptors (Lipinski definition) is 1. The maximum atomic E-state index is 6.05. The summed E-state index contributed by atoms with van der Waals surface area (Å²) in [7, 11) is 0. The molecule has 3 rings (SSSR count). The minimum atomic E-state index is 0. The molecule has 1 N–H and O–H groups in total. The van der Waals surface area contributed by atoms with E-state index in [1.807, 2.05) is 0 Å². The van der Waals surface area contributed by atoms with Crippen LogP contribution in [0, 0.1) is 6.20 Å². The number of halogens is 2. The van der Waals surface area contributed by atoms with Gasteiger partial charge in [0.1, 0.15) is 0 Å². The average molecular weight is 468 g/mol. The molecule has 0 aliphatic heterocycles. The van der Waals surface area contributed by atoms with Crippen molar-refractivity contribution in [2.24, 2.45) is 0 Å². The van der Waals surface area contributed by atoms with E-state index < -0.39 is 0 Å². The molecule has 0 saturated carbocycles. The van der Waals surface area contributed by atoms with Crippen molar-refractivity contribution in [3.05, 3.63) is 27.1 Å². The summed E-state index contributed by atoms with van der Waals surface area (Å²) in [4.78, 5) is 7.39. The monoisotopic (exact) mass is 467 g/mol. The molecular weight excluding hydrogens is 459 g/mol. The van der Waals surface area contributed by atoms with Crippen LogP contribution >= 0.6 is 27.5 Å². The van der Waals surface area contributed by atoms with Crippen molar-refractivity contribution in [2.75, 3.05) is 0 Å². The Kier molecular flexibility index (Phi) is 3.78. The molecule has 1 aliphatic carbocycles. The van der Waals surface area contributed by atoms with Crippen LogP contribution in [0.15, 0.2) is 4.47 Å². The molecule has 0 amide bonds. The number of rotatable bonds is 0. The summed E-state index contributed by atoms with van der Waals surface area (Å²) >= 11 is 9.55. The summed E-state index contributed by atoms with van der Waals surface area (Å²) in [5.74, 6) is 0. The van der Waals surface area contributed by atoms with E-state index in [2.05, 4.69) is 32.1 Å². The number of fused-ring (bicyclic) bond motifs is 3. The van der Waals surface area contributed by atoms with Gasteiger partial charge in [-0.05, 0) is 31.2 Å². The van der Waals surface area contributed by atoms with Crippen LogP contribution in [0.1, 0.15) is 24.1 Å². The smallest absolute Gasteiger partial charge is 0.0379 e. The zero-order chi connectivity index (χ0) is 10.4. The Morgan fingerprint density at radius 2 is 2.06 bits per heavy atom. The van der Waals surface area contributed by atoms with Gasteiger partial charge in [-0.25, -0.2) is 0 Å². The van der Waals surface area contributed by atoms with Crippen molar-refractivity contribution in [3.63, 3.8) is 0 Å². The van der Waals surface area contributed by atoms with E-state index in [1.165, 1.54) is 29.5 Å². The molecule has 0 aromatic carbocycles.